The quantitative estimate of drug-likeness (QED) is 0.813. The number of hydrogen-bond acceptors (Lipinski definition) is 2. The minimum atomic E-state index is -0.178. The van der Waals surface area contributed by atoms with Gasteiger partial charge >= 0.3 is 0 Å². The summed E-state index contributed by atoms with van der Waals surface area (Å²) in [5, 5.41) is 5.34. The lowest BCUT2D eigenvalue weighted by Crippen LogP contribution is -2.40. The number of nitrogens with zero attached hydrogens (tertiary/aromatic N) is 1. The third-order valence-electron chi connectivity index (χ3n) is 2.73. The molecule has 1 aromatic heterocycles. The van der Waals surface area contributed by atoms with E-state index < -0.39 is 0 Å². The highest BCUT2D eigenvalue weighted by Gasteiger charge is 2.12. The molecule has 0 radical (unpaired) electrons. The van der Waals surface area contributed by atoms with Crippen LogP contribution in [0.3, 0.4) is 0 Å². The predicted molar refractivity (Wildman–Crippen MR) is 75.1 cm³/mol. The number of para-hydroxylation sites is 1. The predicted octanol–water partition coefficient (Wildman–Crippen LogP) is 0.972. The van der Waals surface area contributed by atoms with E-state index in [0.29, 0.717) is 5.56 Å². The van der Waals surface area contributed by atoms with Crippen LogP contribution >= 0.6 is 0 Å². The molecule has 5 heteroatoms. The normalized spacial score (nSPS) is 9.85. The second kappa shape index (κ2) is 6.47. The summed E-state index contributed by atoms with van der Waals surface area (Å²) >= 11 is 0. The Hall–Kier alpha value is -2.69. The molecule has 2 amide bonds. The summed E-state index contributed by atoms with van der Waals surface area (Å²) in [5.74, 6) is -0.321. The van der Waals surface area contributed by atoms with Crippen LogP contribution in [0, 0.1) is 0 Å². The second-order valence-corrected chi connectivity index (χ2v) is 4.26. The number of carbonyl (C=O) groups excluding carboxylic acids is 2. The maximum Gasteiger partial charge on any atom is 0.290 e. The van der Waals surface area contributed by atoms with E-state index in [0.717, 1.165) is 5.69 Å². The summed E-state index contributed by atoms with van der Waals surface area (Å²) in [6.45, 7) is 0.153. The first-order chi connectivity index (χ1) is 9.69. The van der Waals surface area contributed by atoms with Crippen molar-refractivity contribution in [1.82, 2.24) is 5.32 Å². The highest BCUT2D eigenvalue weighted by molar-refractivity contribution is 5.93. The second-order valence-electron chi connectivity index (χ2n) is 4.26. The van der Waals surface area contributed by atoms with Crippen LogP contribution in [0.5, 0.6) is 0 Å². The van der Waals surface area contributed by atoms with Gasteiger partial charge in [-0.2, -0.15) is 4.57 Å². The van der Waals surface area contributed by atoms with Gasteiger partial charge < -0.3 is 10.6 Å². The number of rotatable bonds is 4. The minimum Gasteiger partial charge on any atom is -0.355 e. The Kier molecular flexibility index (Phi) is 4.44. The highest BCUT2D eigenvalue weighted by Crippen LogP contribution is 2.04. The molecule has 0 aliphatic rings. The number of nitrogens with one attached hydrogen (secondary N) is 2. The Bertz CT molecular complexity index is 612. The van der Waals surface area contributed by atoms with Crippen molar-refractivity contribution >= 4 is 17.5 Å². The molecule has 2 rings (SSSR count). The van der Waals surface area contributed by atoms with Crippen molar-refractivity contribution in [2.24, 2.45) is 0 Å². The van der Waals surface area contributed by atoms with Gasteiger partial charge in [0, 0.05) is 18.8 Å². The Morgan fingerprint density at radius 3 is 2.55 bits per heavy atom. The molecule has 20 heavy (non-hydrogen) atoms. The smallest absolute Gasteiger partial charge is 0.290 e. The average molecular weight is 270 g/mol. The van der Waals surface area contributed by atoms with E-state index in [4.69, 9.17) is 0 Å². The van der Waals surface area contributed by atoms with E-state index in [1.807, 2.05) is 30.3 Å². The molecule has 0 atom stereocenters. The Balaban J connectivity index is 2.03. The molecular weight excluding hydrogens is 254 g/mol. The number of amides is 2. The maximum absolute atomic E-state index is 11.9. The molecule has 1 aromatic carbocycles. The zero-order valence-electron chi connectivity index (χ0n) is 11.2. The van der Waals surface area contributed by atoms with Crippen molar-refractivity contribution in [2.75, 3.05) is 12.4 Å². The number of anilines is 1. The van der Waals surface area contributed by atoms with Crippen LogP contribution in [-0.2, 0) is 11.3 Å². The van der Waals surface area contributed by atoms with Gasteiger partial charge in [-0.25, -0.2) is 0 Å². The standard InChI is InChI=1S/C15H15N3O2/c1-16-15(20)12-6-5-9-18(10-12)11-14(19)17-13-7-3-2-4-8-13/h2-10H,11H2,1H3,(H-,16,17,19,20)/p+1. The van der Waals surface area contributed by atoms with E-state index >= 15 is 0 Å². The summed E-state index contributed by atoms with van der Waals surface area (Å²) in [6.07, 6.45) is 3.39. The fraction of sp³-hybridized carbons (Fsp3) is 0.133. The molecule has 0 unspecified atom stereocenters. The van der Waals surface area contributed by atoms with Crippen LogP contribution in [-0.4, -0.2) is 18.9 Å². The first-order valence-corrected chi connectivity index (χ1v) is 6.25. The number of benzene rings is 1. The lowest BCUT2D eigenvalue weighted by molar-refractivity contribution is -0.684. The van der Waals surface area contributed by atoms with Crippen molar-refractivity contribution in [3.8, 4) is 0 Å². The molecule has 1 heterocycles. The van der Waals surface area contributed by atoms with Gasteiger partial charge in [0.15, 0.2) is 12.4 Å². The number of hydrogen-bond donors (Lipinski definition) is 2. The third-order valence-corrected chi connectivity index (χ3v) is 2.73. The number of pyridine rings is 1. The van der Waals surface area contributed by atoms with E-state index in [-0.39, 0.29) is 18.4 Å². The molecule has 0 saturated heterocycles. The molecule has 0 bridgehead atoms. The monoisotopic (exact) mass is 270 g/mol. The van der Waals surface area contributed by atoms with Gasteiger partial charge in [0.2, 0.25) is 6.54 Å². The van der Waals surface area contributed by atoms with Crippen LogP contribution in [0.4, 0.5) is 5.69 Å². The van der Waals surface area contributed by atoms with E-state index in [2.05, 4.69) is 10.6 Å². The lowest BCUT2D eigenvalue weighted by atomic mass is 10.2. The van der Waals surface area contributed by atoms with Crippen molar-refractivity contribution in [3.05, 3.63) is 60.4 Å². The van der Waals surface area contributed by atoms with Crippen LogP contribution in [0.2, 0.25) is 0 Å². The largest absolute Gasteiger partial charge is 0.355 e. The first kappa shape index (κ1) is 13.7. The van der Waals surface area contributed by atoms with Crippen LogP contribution in [0.15, 0.2) is 54.9 Å². The minimum absolute atomic E-state index is 0.143. The molecule has 0 aliphatic heterocycles. The summed E-state index contributed by atoms with van der Waals surface area (Å²) in [5.41, 5.74) is 1.27. The Morgan fingerprint density at radius 1 is 1.10 bits per heavy atom. The molecule has 2 aromatic rings. The summed E-state index contributed by atoms with van der Waals surface area (Å²) < 4.78 is 1.67. The first-order valence-electron chi connectivity index (χ1n) is 6.25. The van der Waals surface area contributed by atoms with Gasteiger partial charge in [0.1, 0.15) is 5.56 Å². The molecule has 0 fully saturated rings. The molecule has 0 aliphatic carbocycles. The summed E-state index contributed by atoms with van der Waals surface area (Å²) in [6, 6.07) is 12.7. The lowest BCUT2D eigenvalue weighted by Gasteiger charge is -2.03. The fourth-order valence-electron chi connectivity index (χ4n) is 1.79. The SMILES string of the molecule is CNC(=O)c1ccc[n+](CC(=O)Nc2ccccc2)c1. The van der Waals surface area contributed by atoms with E-state index in [9.17, 15) is 9.59 Å². The van der Waals surface area contributed by atoms with Crippen LogP contribution in [0.25, 0.3) is 0 Å². The molecule has 5 nitrogen and oxygen atoms in total. The molecule has 0 saturated carbocycles. The summed E-state index contributed by atoms with van der Waals surface area (Å²) in [4.78, 5) is 23.4. The van der Waals surface area contributed by atoms with Gasteiger partial charge in [0.05, 0.1) is 0 Å². The zero-order valence-corrected chi connectivity index (χ0v) is 11.2. The molecule has 0 spiro atoms. The topological polar surface area (TPSA) is 62.1 Å². The molecular formula is C15H16N3O2+. The van der Waals surface area contributed by atoms with Crippen molar-refractivity contribution in [2.45, 2.75) is 6.54 Å². The fourth-order valence-corrected chi connectivity index (χ4v) is 1.79. The van der Waals surface area contributed by atoms with E-state index in [1.165, 1.54) is 0 Å². The highest BCUT2D eigenvalue weighted by atomic mass is 16.2. The van der Waals surface area contributed by atoms with Gasteiger partial charge in [0.25, 0.3) is 11.8 Å². The van der Waals surface area contributed by atoms with Gasteiger partial charge in [-0.3, -0.25) is 9.59 Å². The number of aromatic nitrogens is 1. The van der Waals surface area contributed by atoms with Crippen molar-refractivity contribution < 1.29 is 14.2 Å². The number of carbonyl (C=O) groups is 2. The van der Waals surface area contributed by atoms with Gasteiger partial charge in [-0.1, -0.05) is 18.2 Å². The van der Waals surface area contributed by atoms with Gasteiger partial charge in [-0.05, 0) is 18.2 Å². The maximum atomic E-state index is 11.9. The zero-order chi connectivity index (χ0) is 14.4. The van der Waals surface area contributed by atoms with E-state index in [1.54, 1.807) is 36.1 Å². The molecule has 2 N–H and O–H groups in total. The Morgan fingerprint density at radius 2 is 1.85 bits per heavy atom. The van der Waals surface area contributed by atoms with Crippen molar-refractivity contribution in [3.63, 3.8) is 0 Å². The summed E-state index contributed by atoms with van der Waals surface area (Å²) in [7, 11) is 1.57. The van der Waals surface area contributed by atoms with Gasteiger partial charge in [-0.15, -0.1) is 0 Å². The van der Waals surface area contributed by atoms with Crippen LogP contribution in [0.1, 0.15) is 10.4 Å². The molecule has 102 valence electrons. The third kappa shape index (κ3) is 3.65. The van der Waals surface area contributed by atoms with Crippen LogP contribution < -0.4 is 15.2 Å². The van der Waals surface area contributed by atoms with Crippen molar-refractivity contribution in [1.29, 1.82) is 0 Å². The average Bonchev–Trinajstić information content (AvgIpc) is 2.47. The Labute approximate surface area is 117 Å².